The Bertz CT molecular complexity index is 216. The summed E-state index contributed by atoms with van der Waals surface area (Å²) in [5, 5.41) is 10.0. The van der Waals surface area contributed by atoms with Crippen LogP contribution >= 0.6 is 0 Å². The monoisotopic (exact) mass is 241 g/mol. The molecule has 1 saturated carbocycles. The van der Waals surface area contributed by atoms with E-state index in [-0.39, 0.29) is 6.10 Å². The van der Waals surface area contributed by atoms with Crippen molar-refractivity contribution >= 4 is 0 Å². The largest absolute Gasteiger partial charge is 0.391 e. The van der Waals surface area contributed by atoms with E-state index in [9.17, 15) is 5.11 Å². The normalized spacial score (nSPS) is 31.9. The van der Waals surface area contributed by atoms with E-state index in [0.717, 1.165) is 32.1 Å². The first-order valence-corrected chi connectivity index (χ1v) is 7.23. The Morgan fingerprint density at radius 3 is 2.53 bits per heavy atom. The Kier molecular flexibility index (Phi) is 5.26. The summed E-state index contributed by atoms with van der Waals surface area (Å²) in [6.07, 6.45) is 8.26. The number of ether oxygens (including phenoxy) is 1. The molecule has 1 N–H and O–H groups in total. The van der Waals surface area contributed by atoms with Crippen LogP contribution in [0.15, 0.2) is 0 Å². The summed E-state index contributed by atoms with van der Waals surface area (Å²) in [5.74, 6) is 0.840. The molecule has 0 unspecified atom stereocenters. The van der Waals surface area contributed by atoms with Crippen molar-refractivity contribution in [3.63, 3.8) is 0 Å². The van der Waals surface area contributed by atoms with Gasteiger partial charge in [-0.25, -0.2) is 0 Å². The highest BCUT2D eigenvalue weighted by molar-refractivity contribution is 4.81. The summed E-state index contributed by atoms with van der Waals surface area (Å²) in [6.45, 7) is 3.02. The van der Waals surface area contributed by atoms with Gasteiger partial charge in [0.25, 0.3) is 0 Å². The van der Waals surface area contributed by atoms with Crippen LogP contribution in [0.4, 0.5) is 0 Å². The third-order valence-electron chi connectivity index (χ3n) is 4.49. The summed E-state index contributed by atoms with van der Waals surface area (Å²) in [6, 6.07) is 0.406. The maximum absolute atomic E-state index is 10.0. The molecule has 0 spiro atoms. The minimum absolute atomic E-state index is 0.0940. The lowest BCUT2D eigenvalue weighted by atomic mass is 9.90. The summed E-state index contributed by atoms with van der Waals surface area (Å²) in [4.78, 5) is 2.39. The Hall–Kier alpha value is -0.120. The second kappa shape index (κ2) is 6.72. The van der Waals surface area contributed by atoms with Crippen molar-refractivity contribution < 1.29 is 9.84 Å². The molecule has 2 atom stereocenters. The van der Waals surface area contributed by atoms with Crippen LogP contribution in [0.25, 0.3) is 0 Å². The van der Waals surface area contributed by atoms with E-state index in [4.69, 9.17) is 4.74 Å². The lowest BCUT2D eigenvalue weighted by Crippen LogP contribution is -2.44. The first-order valence-electron chi connectivity index (χ1n) is 7.23. The molecule has 2 aliphatic rings. The predicted molar refractivity (Wildman–Crippen MR) is 69.1 cm³/mol. The van der Waals surface area contributed by atoms with Crippen LogP contribution in [-0.2, 0) is 4.74 Å². The van der Waals surface area contributed by atoms with E-state index in [1.807, 2.05) is 0 Å². The standard InChI is InChI=1S/C14H27NO2/c1-15(13-4-2-3-5-14(13)16)9-6-12-7-10-17-11-8-12/h12-14,16H,2-11H2,1H3/t13-,14+/m1/s1. The number of aliphatic hydroxyl groups excluding tert-OH is 1. The molecule has 2 rings (SSSR count). The lowest BCUT2D eigenvalue weighted by Gasteiger charge is -2.36. The van der Waals surface area contributed by atoms with Crippen LogP contribution in [-0.4, -0.2) is 49.0 Å². The van der Waals surface area contributed by atoms with Crippen molar-refractivity contribution in [3.05, 3.63) is 0 Å². The minimum Gasteiger partial charge on any atom is -0.391 e. The number of rotatable bonds is 4. The van der Waals surface area contributed by atoms with Gasteiger partial charge in [0.1, 0.15) is 0 Å². The molecule has 1 aliphatic heterocycles. The highest BCUT2D eigenvalue weighted by Gasteiger charge is 2.26. The van der Waals surface area contributed by atoms with Crippen molar-refractivity contribution in [2.45, 2.75) is 57.1 Å². The van der Waals surface area contributed by atoms with Gasteiger partial charge in [0.2, 0.25) is 0 Å². The van der Waals surface area contributed by atoms with Gasteiger partial charge >= 0.3 is 0 Å². The van der Waals surface area contributed by atoms with Gasteiger partial charge in [0, 0.05) is 19.3 Å². The Labute approximate surface area is 105 Å². The number of hydrogen-bond donors (Lipinski definition) is 1. The Morgan fingerprint density at radius 1 is 1.12 bits per heavy atom. The van der Waals surface area contributed by atoms with E-state index in [0.29, 0.717) is 6.04 Å². The van der Waals surface area contributed by atoms with Crippen molar-refractivity contribution in [3.8, 4) is 0 Å². The van der Waals surface area contributed by atoms with Gasteiger partial charge < -0.3 is 14.7 Å². The molecule has 3 nitrogen and oxygen atoms in total. The Balaban J connectivity index is 1.70. The molecular weight excluding hydrogens is 214 g/mol. The second-order valence-corrected chi connectivity index (χ2v) is 5.74. The van der Waals surface area contributed by atoms with Gasteiger partial charge in [-0.1, -0.05) is 12.8 Å². The maximum Gasteiger partial charge on any atom is 0.0695 e. The highest BCUT2D eigenvalue weighted by Crippen LogP contribution is 2.24. The van der Waals surface area contributed by atoms with Gasteiger partial charge in [0.15, 0.2) is 0 Å². The lowest BCUT2D eigenvalue weighted by molar-refractivity contribution is 0.0228. The average molecular weight is 241 g/mol. The molecule has 0 aromatic rings. The fourth-order valence-corrected chi connectivity index (χ4v) is 3.19. The zero-order valence-electron chi connectivity index (χ0n) is 11.1. The van der Waals surface area contributed by atoms with E-state index in [2.05, 4.69) is 11.9 Å². The Morgan fingerprint density at radius 2 is 1.82 bits per heavy atom. The molecule has 3 heteroatoms. The average Bonchev–Trinajstić information content (AvgIpc) is 2.38. The van der Waals surface area contributed by atoms with Gasteiger partial charge in [-0.05, 0) is 51.6 Å². The smallest absolute Gasteiger partial charge is 0.0695 e. The van der Waals surface area contributed by atoms with Crippen LogP contribution in [0.1, 0.15) is 44.9 Å². The molecule has 0 radical (unpaired) electrons. The number of nitrogens with zero attached hydrogens (tertiary/aromatic N) is 1. The molecule has 2 fully saturated rings. The van der Waals surface area contributed by atoms with E-state index < -0.39 is 0 Å². The molecule has 0 aromatic carbocycles. The quantitative estimate of drug-likeness (QED) is 0.817. The molecule has 17 heavy (non-hydrogen) atoms. The van der Waals surface area contributed by atoms with Crippen molar-refractivity contribution in [2.24, 2.45) is 5.92 Å². The van der Waals surface area contributed by atoms with Crippen LogP contribution in [0.5, 0.6) is 0 Å². The van der Waals surface area contributed by atoms with E-state index in [1.165, 1.54) is 38.5 Å². The third-order valence-corrected chi connectivity index (χ3v) is 4.49. The highest BCUT2D eigenvalue weighted by atomic mass is 16.5. The summed E-state index contributed by atoms with van der Waals surface area (Å²) in [7, 11) is 2.18. The zero-order chi connectivity index (χ0) is 12.1. The number of aliphatic hydroxyl groups is 1. The van der Waals surface area contributed by atoms with Crippen LogP contribution < -0.4 is 0 Å². The SMILES string of the molecule is CN(CCC1CCOCC1)[C@@H]1CCCC[C@@H]1O. The van der Waals surface area contributed by atoms with Crippen LogP contribution in [0.2, 0.25) is 0 Å². The fraction of sp³-hybridized carbons (Fsp3) is 1.00. The van der Waals surface area contributed by atoms with Crippen molar-refractivity contribution in [1.82, 2.24) is 4.90 Å². The van der Waals surface area contributed by atoms with Gasteiger partial charge in [0.05, 0.1) is 6.10 Å². The summed E-state index contributed by atoms with van der Waals surface area (Å²) in [5.41, 5.74) is 0. The molecule has 1 heterocycles. The molecule has 1 saturated heterocycles. The minimum atomic E-state index is -0.0940. The molecular formula is C14H27NO2. The van der Waals surface area contributed by atoms with E-state index in [1.54, 1.807) is 0 Å². The molecule has 0 bridgehead atoms. The third kappa shape index (κ3) is 3.94. The van der Waals surface area contributed by atoms with Crippen molar-refractivity contribution in [1.29, 1.82) is 0 Å². The van der Waals surface area contributed by atoms with Crippen LogP contribution in [0.3, 0.4) is 0 Å². The summed E-state index contributed by atoms with van der Waals surface area (Å²) >= 11 is 0. The zero-order valence-corrected chi connectivity index (χ0v) is 11.1. The predicted octanol–water partition coefficient (Wildman–Crippen LogP) is 2.04. The number of likely N-dealkylation sites (N-methyl/N-ethyl adjacent to an activating group) is 1. The molecule has 0 amide bonds. The first-order chi connectivity index (χ1) is 8.27. The molecule has 0 aromatic heterocycles. The van der Waals surface area contributed by atoms with Crippen molar-refractivity contribution in [2.75, 3.05) is 26.8 Å². The van der Waals surface area contributed by atoms with E-state index >= 15 is 0 Å². The number of hydrogen-bond acceptors (Lipinski definition) is 3. The molecule has 1 aliphatic carbocycles. The van der Waals surface area contributed by atoms with Crippen LogP contribution in [0, 0.1) is 5.92 Å². The van der Waals surface area contributed by atoms with Gasteiger partial charge in [-0.15, -0.1) is 0 Å². The fourth-order valence-electron chi connectivity index (χ4n) is 3.19. The maximum atomic E-state index is 10.0. The van der Waals surface area contributed by atoms with Gasteiger partial charge in [-0.3, -0.25) is 0 Å². The second-order valence-electron chi connectivity index (χ2n) is 5.74. The summed E-state index contributed by atoms with van der Waals surface area (Å²) < 4.78 is 5.39. The molecule has 100 valence electrons. The van der Waals surface area contributed by atoms with Gasteiger partial charge in [-0.2, -0.15) is 0 Å². The first kappa shape index (κ1) is 13.3. The topological polar surface area (TPSA) is 32.7 Å².